The number of rotatable bonds is 4. The van der Waals surface area contributed by atoms with E-state index in [0.29, 0.717) is 6.04 Å². The average molecular weight is 207 g/mol. The molecule has 1 aliphatic rings. The summed E-state index contributed by atoms with van der Waals surface area (Å²) in [5, 5.41) is 8.03. The number of aryl methyl sites for hydroxylation is 2. The molecule has 1 N–H and O–H groups in total. The lowest BCUT2D eigenvalue weighted by molar-refractivity contribution is 0.225. The third-order valence-corrected chi connectivity index (χ3v) is 3.40. The highest BCUT2D eigenvalue weighted by Gasteiger charge is 2.29. The highest BCUT2D eigenvalue weighted by atomic mass is 15.3. The van der Waals surface area contributed by atoms with E-state index < -0.39 is 0 Å². The van der Waals surface area contributed by atoms with Gasteiger partial charge in [0.2, 0.25) is 0 Å². The summed E-state index contributed by atoms with van der Waals surface area (Å²) in [6, 6.07) is 2.72. The first-order valence-electron chi connectivity index (χ1n) is 5.96. The molecule has 1 atom stereocenters. The van der Waals surface area contributed by atoms with Crippen LogP contribution in [0.3, 0.4) is 0 Å². The third kappa shape index (κ3) is 2.07. The van der Waals surface area contributed by atoms with E-state index in [-0.39, 0.29) is 0 Å². The Bertz CT molecular complexity index is 326. The van der Waals surface area contributed by atoms with E-state index in [1.807, 2.05) is 11.7 Å². The number of nitrogens with one attached hydrogen (secondary N) is 1. The van der Waals surface area contributed by atoms with Gasteiger partial charge in [-0.3, -0.25) is 4.68 Å². The normalized spacial score (nSPS) is 18.9. The summed E-state index contributed by atoms with van der Waals surface area (Å²) in [5.41, 5.74) is 2.47. The van der Waals surface area contributed by atoms with Crippen LogP contribution in [0.15, 0.2) is 6.07 Å². The maximum Gasteiger partial charge on any atom is 0.0597 e. The molecule has 1 fully saturated rings. The zero-order valence-electron chi connectivity index (χ0n) is 9.95. The van der Waals surface area contributed by atoms with Crippen molar-refractivity contribution in [2.45, 2.75) is 39.2 Å². The fraction of sp³-hybridized carbons (Fsp3) is 0.750. The molecule has 1 aromatic rings. The minimum absolute atomic E-state index is 0.509. The van der Waals surface area contributed by atoms with Crippen molar-refractivity contribution >= 4 is 0 Å². The molecule has 2 rings (SSSR count). The highest BCUT2D eigenvalue weighted by molar-refractivity contribution is 5.14. The van der Waals surface area contributed by atoms with Gasteiger partial charge in [-0.25, -0.2) is 0 Å². The van der Waals surface area contributed by atoms with E-state index >= 15 is 0 Å². The van der Waals surface area contributed by atoms with Crippen LogP contribution in [0.2, 0.25) is 0 Å². The molecule has 0 aliphatic heterocycles. The average Bonchev–Trinajstić information content (AvgIpc) is 2.41. The SMILES string of the molecule is CCNC(c1cc(C)nn1C)C1CCC1. The van der Waals surface area contributed by atoms with Crippen LogP contribution in [-0.4, -0.2) is 16.3 Å². The largest absolute Gasteiger partial charge is 0.309 e. The van der Waals surface area contributed by atoms with Gasteiger partial charge >= 0.3 is 0 Å². The third-order valence-electron chi connectivity index (χ3n) is 3.40. The second-order valence-electron chi connectivity index (χ2n) is 4.56. The van der Waals surface area contributed by atoms with Gasteiger partial charge < -0.3 is 5.32 Å². The molecule has 0 aromatic carbocycles. The summed E-state index contributed by atoms with van der Waals surface area (Å²) in [4.78, 5) is 0. The molecule has 3 heteroatoms. The van der Waals surface area contributed by atoms with Gasteiger partial charge in [-0.1, -0.05) is 13.3 Å². The monoisotopic (exact) mass is 207 g/mol. The molecular weight excluding hydrogens is 186 g/mol. The van der Waals surface area contributed by atoms with Crippen LogP contribution in [0.5, 0.6) is 0 Å². The topological polar surface area (TPSA) is 29.9 Å². The van der Waals surface area contributed by atoms with Crippen LogP contribution in [0.1, 0.15) is 43.6 Å². The standard InChI is InChI=1S/C12H21N3/c1-4-13-12(10-6-5-7-10)11-8-9(2)14-15(11)3/h8,10,12-13H,4-7H2,1-3H3. The van der Waals surface area contributed by atoms with Gasteiger partial charge in [-0.05, 0) is 38.3 Å². The molecule has 1 saturated carbocycles. The van der Waals surface area contributed by atoms with E-state index in [1.54, 1.807) is 0 Å². The lowest BCUT2D eigenvalue weighted by atomic mass is 9.78. The Hall–Kier alpha value is -0.830. The van der Waals surface area contributed by atoms with E-state index in [0.717, 1.165) is 18.2 Å². The summed E-state index contributed by atoms with van der Waals surface area (Å²) in [5.74, 6) is 0.819. The molecule has 84 valence electrons. The van der Waals surface area contributed by atoms with Gasteiger partial charge in [0.1, 0.15) is 0 Å². The van der Waals surface area contributed by atoms with E-state index in [1.165, 1.54) is 25.0 Å². The maximum atomic E-state index is 4.43. The van der Waals surface area contributed by atoms with Crippen molar-refractivity contribution in [1.82, 2.24) is 15.1 Å². The molecular formula is C12H21N3. The van der Waals surface area contributed by atoms with Crippen LogP contribution >= 0.6 is 0 Å². The molecule has 0 bridgehead atoms. The van der Waals surface area contributed by atoms with Crippen molar-refractivity contribution in [1.29, 1.82) is 0 Å². The Balaban J connectivity index is 2.19. The smallest absolute Gasteiger partial charge is 0.0597 e. The van der Waals surface area contributed by atoms with Gasteiger partial charge in [0.05, 0.1) is 17.4 Å². The summed E-state index contributed by atoms with van der Waals surface area (Å²) in [6.45, 7) is 5.27. The zero-order chi connectivity index (χ0) is 10.8. The van der Waals surface area contributed by atoms with Gasteiger partial charge in [-0.15, -0.1) is 0 Å². The van der Waals surface area contributed by atoms with Crippen molar-refractivity contribution in [3.8, 4) is 0 Å². The predicted molar refractivity (Wildman–Crippen MR) is 61.7 cm³/mol. The van der Waals surface area contributed by atoms with Crippen molar-refractivity contribution < 1.29 is 0 Å². The first kappa shape index (κ1) is 10.7. The Morgan fingerprint density at radius 1 is 1.60 bits per heavy atom. The van der Waals surface area contributed by atoms with Crippen LogP contribution in [0.25, 0.3) is 0 Å². The summed E-state index contributed by atoms with van der Waals surface area (Å²) < 4.78 is 2.03. The second-order valence-corrected chi connectivity index (χ2v) is 4.56. The number of aromatic nitrogens is 2. The number of hydrogen-bond donors (Lipinski definition) is 1. The number of nitrogens with zero attached hydrogens (tertiary/aromatic N) is 2. The van der Waals surface area contributed by atoms with Crippen molar-refractivity contribution in [2.24, 2.45) is 13.0 Å². The van der Waals surface area contributed by atoms with E-state index in [4.69, 9.17) is 0 Å². The van der Waals surface area contributed by atoms with E-state index in [9.17, 15) is 0 Å². The molecule has 1 aromatic heterocycles. The quantitative estimate of drug-likeness (QED) is 0.820. The van der Waals surface area contributed by atoms with Gasteiger partial charge in [0.25, 0.3) is 0 Å². The molecule has 0 spiro atoms. The second kappa shape index (κ2) is 4.35. The lowest BCUT2D eigenvalue weighted by Gasteiger charge is -2.34. The first-order valence-corrected chi connectivity index (χ1v) is 5.96. The van der Waals surface area contributed by atoms with E-state index in [2.05, 4.69) is 30.3 Å². The van der Waals surface area contributed by atoms with Crippen LogP contribution in [0.4, 0.5) is 0 Å². The van der Waals surface area contributed by atoms with Crippen molar-refractivity contribution in [3.63, 3.8) is 0 Å². The Morgan fingerprint density at radius 3 is 2.73 bits per heavy atom. The molecule has 1 heterocycles. The highest BCUT2D eigenvalue weighted by Crippen LogP contribution is 2.37. The molecule has 1 aliphatic carbocycles. The Labute approximate surface area is 91.9 Å². The Kier molecular flexibility index (Phi) is 3.10. The zero-order valence-corrected chi connectivity index (χ0v) is 9.95. The van der Waals surface area contributed by atoms with Crippen molar-refractivity contribution in [2.75, 3.05) is 6.54 Å². The van der Waals surface area contributed by atoms with Gasteiger partial charge in [0.15, 0.2) is 0 Å². The fourth-order valence-corrected chi connectivity index (χ4v) is 2.43. The molecule has 0 amide bonds. The molecule has 0 radical (unpaired) electrons. The fourth-order valence-electron chi connectivity index (χ4n) is 2.43. The molecule has 1 unspecified atom stereocenters. The summed E-state index contributed by atoms with van der Waals surface area (Å²) >= 11 is 0. The molecule has 3 nitrogen and oxygen atoms in total. The van der Waals surface area contributed by atoms with Crippen molar-refractivity contribution in [3.05, 3.63) is 17.5 Å². The van der Waals surface area contributed by atoms with Gasteiger partial charge in [-0.2, -0.15) is 5.10 Å². The Morgan fingerprint density at radius 2 is 2.33 bits per heavy atom. The first-order chi connectivity index (χ1) is 7.22. The predicted octanol–water partition coefficient (Wildman–Crippen LogP) is 2.18. The summed E-state index contributed by atoms with van der Waals surface area (Å²) in [7, 11) is 2.05. The van der Waals surface area contributed by atoms with Crippen LogP contribution in [0, 0.1) is 12.8 Å². The minimum Gasteiger partial charge on any atom is -0.309 e. The molecule has 15 heavy (non-hydrogen) atoms. The summed E-state index contributed by atoms with van der Waals surface area (Å²) in [6.07, 6.45) is 4.12. The van der Waals surface area contributed by atoms with Crippen LogP contribution < -0.4 is 5.32 Å². The van der Waals surface area contributed by atoms with Gasteiger partial charge in [0, 0.05) is 7.05 Å². The lowest BCUT2D eigenvalue weighted by Crippen LogP contribution is -2.33. The minimum atomic E-state index is 0.509. The maximum absolute atomic E-state index is 4.43. The molecule has 0 saturated heterocycles. The number of hydrogen-bond acceptors (Lipinski definition) is 2. The van der Waals surface area contributed by atoms with Crippen LogP contribution in [-0.2, 0) is 7.05 Å².